The molecule has 1 aliphatic carbocycles. The lowest BCUT2D eigenvalue weighted by molar-refractivity contribution is -0.145. The quantitative estimate of drug-likeness (QED) is 0.300. The van der Waals surface area contributed by atoms with Gasteiger partial charge in [0.2, 0.25) is 0 Å². The van der Waals surface area contributed by atoms with Crippen LogP contribution in [-0.2, 0) is 14.9 Å². The minimum Gasteiger partial charge on any atom is -0.496 e. The lowest BCUT2D eigenvalue weighted by Crippen LogP contribution is -2.43. The fourth-order valence-electron chi connectivity index (χ4n) is 3.95. The van der Waals surface area contributed by atoms with Crippen LogP contribution in [0.25, 0.3) is 0 Å². The average molecular weight is 487 g/mol. The topological polar surface area (TPSA) is 63.2 Å². The van der Waals surface area contributed by atoms with Gasteiger partial charge < -0.3 is 19.7 Å². The number of nitrogens with zero attached hydrogens (tertiary/aromatic N) is 2. The van der Waals surface area contributed by atoms with Crippen molar-refractivity contribution < 1.29 is 14.3 Å². The molecule has 7 heteroatoms. The van der Waals surface area contributed by atoms with Crippen LogP contribution in [0.4, 0.5) is 0 Å². The van der Waals surface area contributed by atoms with Gasteiger partial charge in [0.05, 0.1) is 20.1 Å². The van der Waals surface area contributed by atoms with Gasteiger partial charge in [-0.1, -0.05) is 25.1 Å². The van der Waals surface area contributed by atoms with E-state index >= 15 is 0 Å². The normalized spacial score (nSPS) is 23.4. The summed E-state index contributed by atoms with van der Waals surface area (Å²) in [5.41, 5.74) is 1.36. The zero-order chi connectivity index (χ0) is 18.7. The van der Waals surface area contributed by atoms with Crippen molar-refractivity contribution in [1.82, 2.24) is 10.2 Å². The zero-order valence-corrected chi connectivity index (χ0v) is 18.9. The number of aliphatic imine (C=N–C) groups is 1. The van der Waals surface area contributed by atoms with E-state index in [9.17, 15) is 4.79 Å². The van der Waals surface area contributed by atoms with Gasteiger partial charge in [-0.05, 0) is 24.8 Å². The highest BCUT2D eigenvalue weighted by Gasteiger charge is 2.46. The highest BCUT2D eigenvalue weighted by molar-refractivity contribution is 14.0. The molecule has 2 fully saturated rings. The van der Waals surface area contributed by atoms with Crippen molar-refractivity contribution in [3.05, 3.63) is 29.8 Å². The number of esters is 1. The van der Waals surface area contributed by atoms with Crippen molar-refractivity contribution >= 4 is 35.9 Å². The molecule has 1 saturated carbocycles. The summed E-state index contributed by atoms with van der Waals surface area (Å²) in [6.45, 7) is 4.36. The van der Waals surface area contributed by atoms with Crippen molar-refractivity contribution in [3.8, 4) is 5.75 Å². The molecule has 2 unspecified atom stereocenters. The van der Waals surface area contributed by atoms with Crippen LogP contribution in [0.3, 0.4) is 0 Å². The number of nitrogens with one attached hydrogen (secondary N) is 1. The van der Waals surface area contributed by atoms with Crippen molar-refractivity contribution in [1.29, 1.82) is 0 Å². The number of hydrogen-bond acceptors (Lipinski definition) is 4. The Morgan fingerprint density at radius 2 is 2.00 bits per heavy atom. The maximum Gasteiger partial charge on any atom is 0.310 e. The summed E-state index contributed by atoms with van der Waals surface area (Å²) in [6.07, 6.45) is 2.27. The molecular weight excluding hydrogens is 457 g/mol. The number of ether oxygens (including phenoxy) is 2. The first-order chi connectivity index (χ1) is 12.5. The lowest BCUT2D eigenvalue weighted by atomic mass is 9.95. The van der Waals surface area contributed by atoms with E-state index in [1.54, 1.807) is 14.2 Å². The van der Waals surface area contributed by atoms with Crippen LogP contribution in [-0.4, -0.2) is 57.7 Å². The highest BCUT2D eigenvalue weighted by atomic mass is 127. The molecule has 2 aliphatic rings. The van der Waals surface area contributed by atoms with Gasteiger partial charge >= 0.3 is 5.97 Å². The molecule has 1 aliphatic heterocycles. The van der Waals surface area contributed by atoms with E-state index in [0.29, 0.717) is 6.54 Å². The summed E-state index contributed by atoms with van der Waals surface area (Å²) in [7, 11) is 4.97. The summed E-state index contributed by atoms with van der Waals surface area (Å²) in [4.78, 5) is 18.5. The van der Waals surface area contributed by atoms with Gasteiger partial charge in [-0.25, -0.2) is 0 Å². The molecule has 150 valence electrons. The number of guanidine groups is 1. The predicted octanol–water partition coefficient (Wildman–Crippen LogP) is 2.66. The zero-order valence-electron chi connectivity index (χ0n) is 16.5. The summed E-state index contributed by atoms with van der Waals surface area (Å²) in [5, 5.41) is 3.53. The monoisotopic (exact) mass is 487 g/mol. The van der Waals surface area contributed by atoms with Gasteiger partial charge in [-0.2, -0.15) is 0 Å². The Balaban J connectivity index is 0.00000261. The number of likely N-dealkylation sites (tertiary alicyclic amines) is 1. The van der Waals surface area contributed by atoms with E-state index in [-0.39, 0.29) is 47.2 Å². The molecule has 1 saturated heterocycles. The molecule has 27 heavy (non-hydrogen) atoms. The Kier molecular flexibility index (Phi) is 7.36. The second-order valence-electron chi connectivity index (χ2n) is 7.39. The van der Waals surface area contributed by atoms with E-state index in [4.69, 9.17) is 9.47 Å². The maximum absolute atomic E-state index is 11.9. The smallest absolute Gasteiger partial charge is 0.310 e. The van der Waals surface area contributed by atoms with Crippen molar-refractivity contribution in [2.24, 2.45) is 16.8 Å². The number of methoxy groups -OCH3 is 2. The van der Waals surface area contributed by atoms with Crippen LogP contribution in [0, 0.1) is 11.8 Å². The minimum absolute atomic E-state index is 0. The number of carbonyl (C=O) groups excluding carboxylic acids is 1. The van der Waals surface area contributed by atoms with E-state index in [1.165, 1.54) is 12.7 Å². The third kappa shape index (κ3) is 4.50. The SMILES string of the molecule is CN=C(NCC1(c2ccccc2OC)CC1)N1CC(C)C(C(=O)OC)C1.I. The number of halogens is 1. The van der Waals surface area contributed by atoms with Gasteiger partial charge in [0.1, 0.15) is 5.75 Å². The number of rotatable bonds is 5. The van der Waals surface area contributed by atoms with Crippen LogP contribution in [0.2, 0.25) is 0 Å². The highest BCUT2D eigenvalue weighted by Crippen LogP contribution is 2.50. The molecule has 0 aromatic heterocycles. The standard InChI is InChI=1S/C20H29N3O3.HI/c1-14-11-23(12-15(14)18(24)26-4)19(21-2)22-13-20(9-10-20)16-7-5-6-8-17(16)25-3;/h5-8,14-15H,9-13H2,1-4H3,(H,21,22);1H. The molecule has 6 nitrogen and oxygen atoms in total. The second-order valence-corrected chi connectivity index (χ2v) is 7.39. The molecule has 1 aromatic carbocycles. The van der Waals surface area contributed by atoms with Gasteiger partial charge in [0.25, 0.3) is 0 Å². The molecule has 0 bridgehead atoms. The average Bonchev–Trinajstić information content (AvgIpc) is 3.36. The molecule has 1 N–H and O–H groups in total. The lowest BCUT2D eigenvalue weighted by Gasteiger charge is -2.25. The van der Waals surface area contributed by atoms with E-state index in [1.807, 2.05) is 12.1 Å². The molecule has 3 rings (SSSR count). The van der Waals surface area contributed by atoms with Crippen molar-refractivity contribution in [3.63, 3.8) is 0 Å². The van der Waals surface area contributed by atoms with Gasteiger partial charge in [0.15, 0.2) is 5.96 Å². The number of hydrogen-bond donors (Lipinski definition) is 1. The van der Waals surface area contributed by atoms with E-state index in [2.05, 4.69) is 34.3 Å². The summed E-state index contributed by atoms with van der Waals surface area (Å²) < 4.78 is 10.5. The predicted molar refractivity (Wildman–Crippen MR) is 117 cm³/mol. The first-order valence-corrected chi connectivity index (χ1v) is 9.21. The van der Waals surface area contributed by atoms with Crippen LogP contribution < -0.4 is 10.1 Å². The van der Waals surface area contributed by atoms with E-state index in [0.717, 1.165) is 37.6 Å². The summed E-state index contributed by atoms with van der Waals surface area (Å²) in [6, 6.07) is 8.24. The van der Waals surface area contributed by atoms with Crippen molar-refractivity contribution in [2.75, 3.05) is 40.9 Å². The molecular formula is C20H30IN3O3. The van der Waals surface area contributed by atoms with Gasteiger partial charge in [-0.3, -0.25) is 9.79 Å². The first-order valence-electron chi connectivity index (χ1n) is 9.21. The molecule has 0 radical (unpaired) electrons. The minimum atomic E-state index is -0.136. The van der Waals surface area contributed by atoms with Gasteiger partial charge in [-0.15, -0.1) is 24.0 Å². The third-order valence-electron chi connectivity index (χ3n) is 5.74. The van der Waals surface area contributed by atoms with Crippen LogP contribution in [0.15, 0.2) is 29.3 Å². The fraction of sp³-hybridized carbons (Fsp3) is 0.600. The molecule has 1 aromatic rings. The molecule has 0 spiro atoms. The second kappa shape index (κ2) is 9.12. The maximum atomic E-state index is 11.9. The largest absolute Gasteiger partial charge is 0.496 e. The molecule has 1 heterocycles. The number of carbonyl (C=O) groups is 1. The Hall–Kier alpha value is -1.51. The first kappa shape index (κ1) is 21.8. The van der Waals surface area contributed by atoms with Gasteiger partial charge in [0, 0.05) is 37.7 Å². The summed E-state index contributed by atoms with van der Waals surface area (Å²) in [5.74, 6) is 1.82. The van der Waals surface area contributed by atoms with Crippen LogP contribution in [0.5, 0.6) is 5.75 Å². The fourth-order valence-corrected chi connectivity index (χ4v) is 3.95. The third-order valence-corrected chi connectivity index (χ3v) is 5.74. The van der Waals surface area contributed by atoms with E-state index < -0.39 is 0 Å². The summed E-state index contributed by atoms with van der Waals surface area (Å²) >= 11 is 0. The Bertz CT molecular complexity index is 691. The molecule has 2 atom stereocenters. The Labute approximate surface area is 178 Å². The van der Waals surface area contributed by atoms with Crippen LogP contribution in [0.1, 0.15) is 25.3 Å². The van der Waals surface area contributed by atoms with Crippen molar-refractivity contribution in [2.45, 2.75) is 25.2 Å². The Morgan fingerprint density at radius 1 is 1.30 bits per heavy atom. The van der Waals surface area contributed by atoms with Crippen LogP contribution >= 0.6 is 24.0 Å². The number of benzene rings is 1. The molecule has 0 amide bonds. The Morgan fingerprint density at radius 3 is 2.59 bits per heavy atom. The number of para-hydroxylation sites is 1.